The Kier molecular flexibility index (Phi) is 3.41. The van der Waals surface area contributed by atoms with Gasteiger partial charge in [-0.2, -0.15) is 9.64 Å². The first-order chi connectivity index (χ1) is 8.10. The molecule has 4 nitrogen and oxygen atoms in total. The zero-order valence-electron chi connectivity index (χ0n) is 9.68. The summed E-state index contributed by atoms with van der Waals surface area (Å²) in [4.78, 5) is 9.46. The standard InChI is InChI=1S/C11H10N4S2/c1-6-4-10(9(5-12)7(2)13-6)16-11-14-8(3)15-17-11/h4H,1-3H3. The minimum Gasteiger partial charge on any atom is -0.257 e. The predicted molar refractivity (Wildman–Crippen MR) is 67.2 cm³/mol. The molecule has 0 aliphatic carbocycles. The average Bonchev–Trinajstić information content (AvgIpc) is 2.63. The van der Waals surface area contributed by atoms with Gasteiger partial charge in [0.25, 0.3) is 0 Å². The highest BCUT2D eigenvalue weighted by molar-refractivity contribution is 8.01. The number of rotatable bonds is 2. The van der Waals surface area contributed by atoms with Crippen LogP contribution in [0.4, 0.5) is 0 Å². The van der Waals surface area contributed by atoms with Crippen molar-refractivity contribution in [2.45, 2.75) is 30.0 Å². The third kappa shape index (κ3) is 2.62. The third-order valence-electron chi connectivity index (χ3n) is 2.11. The van der Waals surface area contributed by atoms with Gasteiger partial charge in [-0.1, -0.05) is 11.8 Å². The van der Waals surface area contributed by atoms with Crippen molar-refractivity contribution >= 4 is 23.3 Å². The molecular formula is C11H10N4S2. The van der Waals surface area contributed by atoms with Crippen LogP contribution in [0, 0.1) is 32.1 Å². The lowest BCUT2D eigenvalue weighted by Crippen LogP contribution is -1.93. The Morgan fingerprint density at radius 3 is 2.65 bits per heavy atom. The molecular weight excluding hydrogens is 252 g/mol. The van der Waals surface area contributed by atoms with Crippen molar-refractivity contribution in [3.63, 3.8) is 0 Å². The largest absolute Gasteiger partial charge is 0.257 e. The van der Waals surface area contributed by atoms with Gasteiger partial charge < -0.3 is 0 Å². The van der Waals surface area contributed by atoms with E-state index in [-0.39, 0.29) is 0 Å². The molecule has 0 aliphatic rings. The van der Waals surface area contributed by atoms with Gasteiger partial charge in [0.05, 0.1) is 11.3 Å². The van der Waals surface area contributed by atoms with Crippen LogP contribution in [0.3, 0.4) is 0 Å². The molecule has 0 saturated carbocycles. The topological polar surface area (TPSA) is 62.5 Å². The molecule has 0 amide bonds. The van der Waals surface area contributed by atoms with Gasteiger partial charge in [-0.25, -0.2) is 4.98 Å². The van der Waals surface area contributed by atoms with Crippen LogP contribution >= 0.6 is 23.3 Å². The van der Waals surface area contributed by atoms with E-state index in [9.17, 15) is 0 Å². The predicted octanol–water partition coefficient (Wildman–Crippen LogP) is 2.88. The summed E-state index contributed by atoms with van der Waals surface area (Å²) in [5.41, 5.74) is 2.29. The number of nitriles is 1. The monoisotopic (exact) mass is 262 g/mol. The molecule has 6 heteroatoms. The highest BCUT2D eigenvalue weighted by Gasteiger charge is 2.11. The van der Waals surface area contributed by atoms with E-state index in [1.165, 1.54) is 23.3 Å². The number of nitrogens with zero attached hydrogens (tertiary/aromatic N) is 4. The average molecular weight is 262 g/mol. The Morgan fingerprint density at radius 2 is 2.06 bits per heavy atom. The first-order valence-corrected chi connectivity index (χ1v) is 6.55. The van der Waals surface area contributed by atoms with Crippen LogP contribution in [0.25, 0.3) is 0 Å². The maximum Gasteiger partial charge on any atom is 0.174 e. The lowest BCUT2D eigenvalue weighted by atomic mass is 10.2. The van der Waals surface area contributed by atoms with Crippen LogP contribution in [-0.2, 0) is 0 Å². The Labute approximate surface area is 108 Å². The molecule has 2 heterocycles. The lowest BCUT2D eigenvalue weighted by Gasteiger charge is -2.05. The molecule has 2 rings (SSSR count). The Morgan fingerprint density at radius 1 is 1.29 bits per heavy atom. The SMILES string of the molecule is Cc1cc(Sc2nc(C)ns2)c(C#N)c(C)n1. The molecule has 0 fully saturated rings. The summed E-state index contributed by atoms with van der Waals surface area (Å²) in [5.74, 6) is 0.763. The number of aryl methyl sites for hydroxylation is 3. The molecule has 0 aromatic carbocycles. The van der Waals surface area contributed by atoms with E-state index in [0.29, 0.717) is 5.56 Å². The van der Waals surface area contributed by atoms with E-state index >= 15 is 0 Å². The summed E-state index contributed by atoms with van der Waals surface area (Å²) >= 11 is 2.82. The first kappa shape index (κ1) is 12.0. The maximum absolute atomic E-state index is 9.14. The smallest absolute Gasteiger partial charge is 0.174 e. The van der Waals surface area contributed by atoms with E-state index in [2.05, 4.69) is 20.4 Å². The second kappa shape index (κ2) is 4.82. The van der Waals surface area contributed by atoms with E-state index in [1.54, 1.807) is 0 Å². The van der Waals surface area contributed by atoms with Gasteiger partial charge in [0.15, 0.2) is 4.34 Å². The zero-order chi connectivity index (χ0) is 12.4. The van der Waals surface area contributed by atoms with Crippen molar-refractivity contribution in [2.24, 2.45) is 0 Å². The van der Waals surface area contributed by atoms with E-state index < -0.39 is 0 Å². The highest BCUT2D eigenvalue weighted by atomic mass is 32.2. The van der Waals surface area contributed by atoms with Gasteiger partial charge in [0, 0.05) is 10.6 Å². The molecule has 17 heavy (non-hydrogen) atoms. The first-order valence-electron chi connectivity index (χ1n) is 4.96. The molecule has 2 aromatic rings. The molecule has 86 valence electrons. The van der Waals surface area contributed by atoms with Crippen LogP contribution in [0.15, 0.2) is 15.3 Å². The fourth-order valence-corrected chi connectivity index (χ4v) is 3.27. The van der Waals surface area contributed by atoms with Crippen molar-refractivity contribution in [3.8, 4) is 6.07 Å². The second-order valence-electron chi connectivity index (χ2n) is 3.54. The van der Waals surface area contributed by atoms with E-state index in [0.717, 1.165) is 26.4 Å². The molecule has 0 radical (unpaired) electrons. The van der Waals surface area contributed by atoms with Crippen molar-refractivity contribution in [2.75, 3.05) is 0 Å². The van der Waals surface area contributed by atoms with Gasteiger partial charge in [-0.3, -0.25) is 4.98 Å². The van der Waals surface area contributed by atoms with Crippen molar-refractivity contribution in [1.29, 1.82) is 5.26 Å². The Balaban J connectivity index is 2.42. The molecule has 0 saturated heterocycles. The minimum absolute atomic E-state index is 0.619. The zero-order valence-corrected chi connectivity index (χ0v) is 11.3. The van der Waals surface area contributed by atoms with Gasteiger partial charge in [-0.05, 0) is 38.4 Å². The summed E-state index contributed by atoms with van der Waals surface area (Å²) in [6.45, 7) is 5.62. The summed E-state index contributed by atoms with van der Waals surface area (Å²) in [6, 6.07) is 4.10. The van der Waals surface area contributed by atoms with Gasteiger partial charge in [-0.15, -0.1) is 0 Å². The van der Waals surface area contributed by atoms with Crippen LogP contribution in [-0.4, -0.2) is 14.3 Å². The molecule has 0 bridgehead atoms. The van der Waals surface area contributed by atoms with Crippen molar-refractivity contribution < 1.29 is 0 Å². The van der Waals surface area contributed by atoms with Crippen LogP contribution < -0.4 is 0 Å². The normalized spacial score (nSPS) is 10.2. The van der Waals surface area contributed by atoms with Crippen LogP contribution in [0.5, 0.6) is 0 Å². The second-order valence-corrected chi connectivity index (χ2v) is 5.58. The molecule has 2 aromatic heterocycles. The molecule has 0 spiro atoms. The van der Waals surface area contributed by atoms with Gasteiger partial charge in [0.2, 0.25) is 0 Å². The van der Waals surface area contributed by atoms with Crippen LogP contribution in [0.1, 0.15) is 22.8 Å². The summed E-state index contributed by atoms with van der Waals surface area (Å²) in [7, 11) is 0. The molecule has 0 unspecified atom stereocenters. The van der Waals surface area contributed by atoms with Crippen LogP contribution in [0.2, 0.25) is 0 Å². The summed E-state index contributed by atoms with van der Waals surface area (Å²) in [6.07, 6.45) is 0. The minimum atomic E-state index is 0.619. The molecule has 0 aliphatic heterocycles. The highest BCUT2D eigenvalue weighted by Crippen LogP contribution is 2.32. The number of hydrogen-bond donors (Lipinski definition) is 0. The third-order valence-corrected chi connectivity index (χ3v) is 3.99. The lowest BCUT2D eigenvalue weighted by molar-refractivity contribution is 1.06. The summed E-state index contributed by atoms with van der Waals surface area (Å²) < 4.78 is 4.98. The molecule has 0 N–H and O–H groups in total. The number of pyridine rings is 1. The van der Waals surface area contributed by atoms with Gasteiger partial charge in [0.1, 0.15) is 11.9 Å². The Hall–Kier alpha value is -1.45. The fourth-order valence-electron chi connectivity index (χ4n) is 1.42. The van der Waals surface area contributed by atoms with Gasteiger partial charge >= 0.3 is 0 Å². The van der Waals surface area contributed by atoms with E-state index in [4.69, 9.17) is 5.26 Å². The number of aromatic nitrogens is 3. The fraction of sp³-hybridized carbons (Fsp3) is 0.273. The summed E-state index contributed by atoms with van der Waals surface area (Å²) in [5, 5.41) is 9.14. The quantitative estimate of drug-likeness (QED) is 0.832. The van der Waals surface area contributed by atoms with E-state index in [1.807, 2.05) is 26.8 Å². The maximum atomic E-state index is 9.14. The number of hydrogen-bond acceptors (Lipinski definition) is 6. The molecule has 0 atom stereocenters. The van der Waals surface area contributed by atoms with Crippen molar-refractivity contribution in [1.82, 2.24) is 14.3 Å². The Bertz CT molecular complexity index is 598. The van der Waals surface area contributed by atoms with Crippen molar-refractivity contribution in [3.05, 3.63) is 28.8 Å².